The molecule has 0 aliphatic carbocycles. The number of amides is 1. The molecule has 2 N–H and O–H groups in total. The van der Waals surface area contributed by atoms with Gasteiger partial charge < -0.3 is 14.8 Å². The Kier molecular flexibility index (Phi) is 7.04. The average Bonchev–Trinajstić information content (AvgIpc) is 2.73. The minimum atomic E-state index is -3.79. The molecule has 0 heterocycles. The van der Waals surface area contributed by atoms with Crippen molar-refractivity contribution < 1.29 is 22.7 Å². The summed E-state index contributed by atoms with van der Waals surface area (Å²) in [5, 5.41) is 4.54. The quantitative estimate of drug-likeness (QED) is 0.509. The summed E-state index contributed by atoms with van der Waals surface area (Å²) in [4.78, 5) is 12.2. The molecule has 0 saturated heterocycles. The van der Waals surface area contributed by atoms with E-state index in [9.17, 15) is 13.2 Å². The number of nitrogens with one attached hydrogen (secondary N) is 2. The van der Waals surface area contributed by atoms with Gasteiger partial charge in [-0.2, -0.15) is 0 Å². The van der Waals surface area contributed by atoms with Crippen LogP contribution in [0.5, 0.6) is 0 Å². The molecule has 3 aromatic rings. The lowest BCUT2D eigenvalue weighted by Crippen LogP contribution is -2.20. The van der Waals surface area contributed by atoms with Crippen molar-refractivity contribution in [3.05, 3.63) is 66.2 Å². The second-order valence-electron chi connectivity index (χ2n) is 6.69. The average molecular weight is 429 g/mol. The Hall–Kier alpha value is -2.94. The molecule has 1 amide bonds. The predicted octanol–water partition coefficient (Wildman–Crippen LogP) is 3.55. The molecule has 0 atom stereocenters. The van der Waals surface area contributed by atoms with E-state index in [-0.39, 0.29) is 17.4 Å². The Morgan fingerprint density at radius 1 is 0.933 bits per heavy atom. The highest BCUT2D eigenvalue weighted by Crippen LogP contribution is 2.27. The van der Waals surface area contributed by atoms with Crippen LogP contribution >= 0.6 is 0 Å². The van der Waals surface area contributed by atoms with Gasteiger partial charge in [-0.05, 0) is 47.5 Å². The maximum Gasteiger partial charge on any atom is 0.261 e. The van der Waals surface area contributed by atoms with Crippen LogP contribution in [0.3, 0.4) is 0 Å². The lowest BCUT2D eigenvalue weighted by Gasteiger charge is -2.15. The third-order valence-electron chi connectivity index (χ3n) is 4.55. The largest absolute Gasteiger partial charge is 0.382 e. The maximum absolute atomic E-state index is 12.9. The van der Waals surface area contributed by atoms with E-state index in [2.05, 4.69) is 10.0 Å². The van der Waals surface area contributed by atoms with Gasteiger partial charge in [-0.1, -0.05) is 36.4 Å². The molecule has 7 nitrogen and oxygen atoms in total. The molecule has 3 aromatic carbocycles. The van der Waals surface area contributed by atoms with E-state index in [0.717, 1.165) is 10.8 Å². The monoisotopic (exact) mass is 428 g/mol. The van der Waals surface area contributed by atoms with E-state index >= 15 is 0 Å². The number of hydrogen-bond donors (Lipinski definition) is 2. The van der Waals surface area contributed by atoms with Crippen LogP contribution in [-0.4, -0.2) is 41.3 Å². The summed E-state index contributed by atoms with van der Waals surface area (Å²) in [6, 6.07) is 17.6. The first-order valence-electron chi connectivity index (χ1n) is 9.38. The first-order valence-corrected chi connectivity index (χ1v) is 10.9. The van der Waals surface area contributed by atoms with Crippen LogP contribution in [0.1, 0.15) is 5.56 Å². The molecule has 0 aliphatic heterocycles. The van der Waals surface area contributed by atoms with Gasteiger partial charge in [0.2, 0.25) is 5.91 Å². The maximum atomic E-state index is 12.9. The summed E-state index contributed by atoms with van der Waals surface area (Å²) in [5.74, 6) is -0.330. The van der Waals surface area contributed by atoms with Gasteiger partial charge in [0, 0.05) is 12.8 Å². The van der Waals surface area contributed by atoms with E-state index in [1.54, 1.807) is 50.4 Å². The Labute approximate surface area is 176 Å². The van der Waals surface area contributed by atoms with E-state index in [4.69, 9.17) is 9.47 Å². The summed E-state index contributed by atoms with van der Waals surface area (Å²) >= 11 is 0. The van der Waals surface area contributed by atoms with Gasteiger partial charge in [-0.15, -0.1) is 0 Å². The Bertz CT molecular complexity index is 1150. The van der Waals surface area contributed by atoms with Crippen molar-refractivity contribution in [1.82, 2.24) is 0 Å². The highest BCUT2D eigenvalue weighted by molar-refractivity contribution is 7.92. The fraction of sp³-hybridized carbons (Fsp3) is 0.227. The van der Waals surface area contributed by atoms with Crippen molar-refractivity contribution in [3.63, 3.8) is 0 Å². The number of rotatable bonds is 9. The fourth-order valence-electron chi connectivity index (χ4n) is 2.91. The second-order valence-corrected chi connectivity index (χ2v) is 8.37. The van der Waals surface area contributed by atoms with Gasteiger partial charge >= 0.3 is 0 Å². The Morgan fingerprint density at radius 3 is 2.43 bits per heavy atom. The molecule has 8 heteroatoms. The zero-order valence-electron chi connectivity index (χ0n) is 16.8. The first kappa shape index (κ1) is 21.8. The smallest absolute Gasteiger partial charge is 0.261 e. The SMILES string of the molecule is COCCOCC(=O)Nc1cccc(NS(=O)(=O)c2ccc3ccccc3c2)c1C. The minimum Gasteiger partial charge on any atom is -0.382 e. The van der Waals surface area contributed by atoms with Gasteiger partial charge in [0.25, 0.3) is 10.0 Å². The van der Waals surface area contributed by atoms with Crippen molar-refractivity contribution in [2.45, 2.75) is 11.8 Å². The molecule has 0 aromatic heterocycles. The summed E-state index contributed by atoms with van der Waals surface area (Å²) in [6.07, 6.45) is 0. The number of benzene rings is 3. The molecule has 30 heavy (non-hydrogen) atoms. The number of carbonyl (C=O) groups excluding carboxylic acids is 1. The number of carbonyl (C=O) groups is 1. The fourth-order valence-corrected chi connectivity index (χ4v) is 4.07. The third kappa shape index (κ3) is 5.35. The zero-order chi connectivity index (χ0) is 21.6. The van der Waals surface area contributed by atoms with Gasteiger partial charge in [0.15, 0.2) is 0 Å². The molecular formula is C22H24N2O5S. The van der Waals surface area contributed by atoms with Crippen molar-refractivity contribution in [2.24, 2.45) is 0 Å². The summed E-state index contributed by atoms with van der Waals surface area (Å²) < 4.78 is 38.5. The molecule has 3 rings (SSSR count). The third-order valence-corrected chi connectivity index (χ3v) is 5.91. The normalized spacial score (nSPS) is 11.4. The molecule has 0 spiro atoms. The highest BCUT2D eigenvalue weighted by atomic mass is 32.2. The van der Waals surface area contributed by atoms with Gasteiger partial charge in [0.05, 0.1) is 23.8 Å². The minimum absolute atomic E-state index is 0.115. The highest BCUT2D eigenvalue weighted by Gasteiger charge is 2.17. The second kappa shape index (κ2) is 9.71. The van der Waals surface area contributed by atoms with Crippen molar-refractivity contribution in [3.8, 4) is 0 Å². The number of methoxy groups -OCH3 is 1. The van der Waals surface area contributed by atoms with Crippen LogP contribution in [-0.2, 0) is 24.3 Å². The van der Waals surface area contributed by atoms with Gasteiger partial charge in [-0.25, -0.2) is 8.42 Å². The van der Waals surface area contributed by atoms with Crippen molar-refractivity contribution in [1.29, 1.82) is 0 Å². The Balaban J connectivity index is 1.75. The Morgan fingerprint density at radius 2 is 1.67 bits per heavy atom. The van der Waals surface area contributed by atoms with Gasteiger partial charge in [0.1, 0.15) is 6.61 Å². The van der Waals surface area contributed by atoms with Crippen LogP contribution in [0.2, 0.25) is 0 Å². The number of ether oxygens (including phenoxy) is 2. The lowest BCUT2D eigenvalue weighted by molar-refractivity contribution is -0.121. The van der Waals surface area contributed by atoms with E-state index < -0.39 is 10.0 Å². The van der Waals surface area contributed by atoms with Crippen LogP contribution in [0.25, 0.3) is 10.8 Å². The molecule has 0 aliphatic rings. The number of hydrogen-bond acceptors (Lipinski definition) is 5. The van der Waals surface area contributed by atoms with Crippen LogP contribution < -0.4 is 10.0 Å². The van der Waals surface area contributed by atoms with E-state index in [1.165, 1.54) is 0 Å². The zero-order valence-corrected chi connectivity index (χ0v) is 17.7. The van der Waals surface area contributed by atoms with Crippen molar-refractivity contribution in [2.75, 3.05) is 37.0 Å². The molecule has 0 fully saturated rings. The van der Waals surface area contributed by atoms with E-state index in [1.807, 2.05) is 24.3 Å². The standard InChI is InChI=1S/C22H24N2O5S/c1-16-20(23-22(25)15-29-13-12-28-2)8-5-9-21(16)24-30(26,27)19-11-10-17-6-3-4-7-18(17)14-19/h3-11,14,24H,12-13,15H2,1-2H3,(H,23,25). The van der Waals surface area contributed by atoms with Gasteiger partial charge in [-0.3, -0.25) is 9.52 Å². The van der Waals surface area contributed by atoms with Crippen LogP contribution in [0.4, 0.5) is 11.4 Å². The van der Waals surface area contributed by atoms with Crippen LogP contribution in [0, 0.1) is 6.92 Å². The molecule has 0 saturated carbocycles. The summed E-state index contributed by atoms with van der Waals surface area (Å²) in [6.45, 7) is 2.34. The topological polar surface area (TPSA) is 93.7 Å². The lowest BCUT2D eigenvalue weighted by atomic mass is 10.1. The predicted molar refractivity (Wildman–Crippen MR) is 117 cm³/mol. The van der Waals surface area contributed by atoms with E-state index in [0.29, 0.717) is 30.2 Å². The molecule has 158 valence electrons. The number of sulfonamides is 1. The van der Waals surface area contributed by atoms with Crippen LogP contribution in [0.15, 0.2) is 65.6 Å². The molecular weight excluding hydrogens is 404 g/mol. The molecule has 0 bridgehead atoms. The molecule has 0 unspecified atom stereocenters. The molecule has 0 radical (unpaired) electrons. The summed E-state index contributed by atoms with van der Waals surface area (Å²) in [5.41, 5.74) is 1.50. The number of fused-ring (bicyclic) bond motifs is 1. The first-order chi connectivity index (χ1) is 14.4. The summed E-state index contributed by atoms with van der Waals surface area (Å²) in [7, 11) is -2.24. The van der Waals surface area contributed by atoms with Crippen molar-refractivity contribution >= 4 is 38.1 Å². The number of anilines is 2.